The second-order valence-electron chi connectivity index (χ2n) is 4.63. The molecule has 1 aromatic carbocycles. The number of nitrogens with one attached hydrogen (secondary N) is 1. The van der Waals surface area contributed by atoms with E-state index < -0.39 is 0 Å². The van der Waals surface area contributed by atoms with Crippen LogP contribution in [-0.4, -0.2) is 25.5 Å². The van der Waals surface area contributed by atoms with Crippen molar-refractivity contribution in [2.45, 2.75) is 13.8 Å². The zero-order valence-electron chi connectivity index (χ0n) is 11.2. The first-order valence-corrected chi connectivity index (χ1v) is 6.19. The summed E-state index contributed by atoms with van der Waals surface area (Å²) in [5, 5.41) is 6.88. The summed E-state index contributed by atoms with van der Waals surface area (Å²) < 4.78 is 1.47. The van der Waals surface area contributed by atoms with E-state index in [9.17, 15) is 4.79 Å². The number of carbonyl (C=O) groups is 1. The molecule has 1 N–H and O–H groups in total. The van der Waals surface area contributed by atoms with Crippen LogP contribution in [0.15, 0.2) is 36.7 Å². The lowest BCUT2D eigenvalue weighted by atomic mass is 10.1. The van der Waals surface area contributed by atoms with E-state index in [1.54, 1.807) is 18.5 Å². The van der Waals surface area contributed by atoms with Gasteiger partial charge < -0.3 is 5.32 Å². The minimum absolute atomic E-state index is 0.0999. The van der Waals surface area contributed by atoms with Crippen molar-refractivity contribution in [2.75, 3.05) is 5.32 Å². The van der Waals surface area contributed by atoms with E-state index in [0.29, 0.717) is 5.78 Å². The molecule has 3 aromatic rings. The molecule has 20 heavy (non-hydrogen) atoms. The molecule has 0 aliphatic heterocycles. The van der Waals surface area contributed by atoms with Crippen LogP contribution in [0, 0.1) is 13.8 Å². The number of hydrogen-bond acceptors (Lipinski definition) is 4. The van der Waals surface area contributed by atoms with Gasteiger partial charge in [-0.1, -0.05) is 6.07 Å². The van der Waals surface area contributed by atoms with E-state index in [1.807, 2.05) is 32.0 Å². The summed E-state index contributed by atoms with van der Waals surface area (Å²) in [6.45, 7) is 3.96. The van der Waals surface area contributed by atoms with Crippen molar-refractivity contribution in [1.82, 2.24) is 19.6 Å². The van der Waals surface area contributed by atoms with E-state index in [0.717, 1.165) is 16.8 Å². The standard InChI is InChI=1S/C14H13N5O/c1-9-6-10(2)8-11(7-9)16-13(20)12-17-14-15-4-3-5-19(14)18-12/h3-8H,1-2H3,(H,16,20). The van der Waals surface area contributed by atoms with Gasteiger partial charge in [0.1, 0.15) is 0 Å². The van der Waals surface area contributed by atoms with Crippen LogP contribution >= 0.6 is 0 Å². The molecule has 2 heterocycles. The Kier molecular flexibility index (Phi) is 2.90. The zero-order valence-corrected chi connectivity index (χ0v) is 11.2. The van der Waals surface area contributed by atoms with Gasteiger partial charge in [0.15, 0.2) is 0 Å². The molecule has 100 valence electrons. The number of amides is 1. The van der Waals surface area contributed by atoms with E-state index in [1.165, 1.54) is 4.52 Å². The van der Waals surface area contributed by atoms with Gasteiger partial charge in [0, 0.05) is 18.1 Å². The number of fused-ring (bicyclic) bond motifs is 1. The molecule has 0 aliphatic rings. The minimum Gasteiger partial charge on any atom is -0.319 e. The predicted octanol–water partition coefficient (Wildman–Crippen LogP) is 1.99. The highest BCUT2D eigenvalue weighted by atomic mass is 16.2. The van der Waals surface area contributed by atoms with Gasteiger partial charge in [-0.15, -0.1) is 5.10 Å². The average molecular weight is 267 g/mol. The monoisotopic (exact) mass is 267 g/mol. The molecule has 0 saturated carbocycles. The molecule has 6 nitrogen and oxygen atoms in total. The first-order valence-electron chi connectivity index (χ1n) is 6.19. The summed E-state index contributed by atoms with van der Waals surface area (Å²) in [5.74, 6) is 0.154. The van der Waals surface area contributed by atoms with Crippen LogP contribution in [0.3, 0.4) is 0 Å². The Hall–Kier alpha value is -2.76. The summed E-state index contributed by atoms with van der Waals surface area (Å²) in [4.78, 5) is 20.2. The lowest BCUT2D eigenvalue weighted by Gasteiger charge is -2.05. The van der Waals surface area contributed by atoms with Crippen LogP contribution in [0.25, 0.3) is 5.78 Å². The van der Waals surface area contributed by atoms with Crippen LogP contribution < -0.4 is 5.32 Å². The van der Waals surface area contributed by atoms with E-state index in [4.69, 9.17) is 0 Å². The number of rotatable bonds is 2. The molecule has 0 bridgehead atoms. The lowest BCUT2D eigenvalue weighted by Crippen LogP contribution is -2.14. The van der Waals surface area contributed by atoms with Gasteiger partial charge in [0.05, 0.1) is 0 Å². The van der Waals surface area contributed by atoms with Gasteiger partial charge in [-0.05, 0) is 43.2 Å². The maximum atomic E-state index is 12.1. The van der Waals surface area contributed by atoms with Gasteiger partial charge in [0.2, 0.25) is 5.82 Å². The average Bonchev–Trinajstić information content (AvgIpc) is 2.81. The smallest absolute Gasteiger partial charge is 0.295 e. The number of aromatic nitrogens is 4. The van der Waals surface area contributed by atoms with Crippen molar-refractivity contribution in [3.05, 3.63) is 53.6 Å². The topological polar surface area (TPSA) is 72.2 Å². The predicted molar refractivity (Wildman–Crippen MR) is 74.7 cm³/mol. The fraction of sp³-hybridized carbons (Fsp3) is 0.143. The third-order valence-electron chi connectivity index (χ3n) is 2.80. The summed E-state index contributed by atoms with van der Waals surface area (Å²) in [6.07, 6.45) is 3.30. The SMILES string of the molecule is Cc1cc(C)cc(NC(=O)c2nc3ncccn3n2)c1. The highest BCUT2D eigenvalue weighted by molar-refractivity contribution is 6.01. The molecule has 2 aromatic heterocycles. The highest BCUT2D eigenvalue weighted by Gasteiger charge is 2.13. The first kappa shape index (κ1) is 12.3. The van der Waals surface area contributed by atoms with Crippen LogP contribution in [0.4, 0.5) is 5.69 Å². The largest absolute Gasteiger partial charge is 0.319 e. The molecule has 0 unspecified atom stereocenters. The third kappa shape index (κ3) is 2.35. The fourth-order valence-electron chi connectivity index (χ4n) is 2.06. The van der Waals surface area contributed by atoms with Crippen molar-refractivity contribution in [3.8, 4) is 0 Å². The number of anilines is 1. The molecule has 0 atom stereocenters. The Bertz CT molecular complexity index is 740. The second-order valence-corrected chi connectivity index (χ2v) is 4.63. The van der Waals surface area contributed by atoms with Crippen molar-refractivity contribution in [3.63, 3.8) is 0 Å². The van der Waals surface area contributed by atoms with E-state index in [-0.39, 0.29) is 11.7 Å². The Balaban J connectivity index is 1.88. The van der Waals surface area contributed by atoms with Gasteiger partial charge in [-0.2, -0.15) is 4.98 Å². The molecule has 0 saturated heterocycles. The molecule has 0 aliphatic carbocycles. The Morgan fingerprint density at radius 1 is 1.20 bits per heavy atom. The molecular formula is C14H13N5O. The van der Waals surface area contributed by atoms with Crippen LogP contribution in [0.2, 0.25) is 0 Å². The molecule has 3 rings (SSSR count). The number of hydrogen-bond donors (Lipinski definition) is 1. The van der Waals surface area contributed by atoms with Crippen LogP contribution in [0.5, 0.6) is 0 Å². The maximum absolute atomic E-state index is 12.1. The van der Waals surface area contributed by atoms with Crippen molar-refractivity contribution < 1.29 is 4.79 Å². The van der Waals surface area contributed by atoms with E-state index in [2.05, 4.69) is 20.4 Å². The highest BCUT2D eigenvalue weighted by Crippen LogP contribution is 2.14. The molecule has 0 spiro atoms. The van der Waals surface area contributed by atoms with Gasteiger partial charge in [0.25, 0.3) is 11.7 Å². The quantitative estimate of drug-likeness (QED) is 0.770. The molecule has 6 heteroatoms. The molecule has 0 fully saturated rings. The van der Waals surface area contributed by atoms with Gasteiger partial charge >= 0.3 is 0 Å². The summed E-state index contributed by atoms with van der Waals surface area (Å²) >= 11 is 0. The van der Waals surface area contributed by atoms with Crippen molar-refractivity contribution >= 4 is 17.4 Å². The normalized spacial score (nSPS) is 10.7. The molecular weight excluding hydrogens is 254 g/mol. The Morgan fingerprint density at radius 3 is 2.65 bits per heavy atom. The van der Waals surface area contributed by atoms with E-state index >= 15 is 0 Å². The third-order valence-corrected chi connectivity index (χ3v) is 2.80. The maximum Gasteiger partial charge on any atom is 0.295 e. The Morgan fingerprint density at radius 2 is 1.95 bits per heavy atom. The van der Waals surface area contributed by atoms with Gasteiger partial charge in [-0.25, -0.2) is 9.50 Å². The minimum atomic E-state index is -0.347. The van der Waals surface area contributed by atoms with Crippen LogP contribution in [-0.2, 0) is 0 Å². The Labute approximate surface area is 115 Å². The first-order chi connectivity index (χ1) is 9.61. The van der Waals surface area contributed by atoms with Gasteiger partial charge in [-0.3, -0.25) is 4.79 Å². The van der Waals surface area contributed by atoms with Crippen molar-refractivity contribution in [2.24, 2.45) is 0 Å². The molecule has 0 radical (unpaired) electrons. The summed E-state index contributed by atoms with van der Waals surface area (Å²) in [5.41, 5.74) is 2.91. The number of carbonyl (C=O) groups excluding carboxylic acids is 1. The van der Waals surface area contributed by atoms with Crippen LogP contribution in [0.1, 0.15) is 21.7 Å². The number of benzene rings is 1. The lowest BCUT2D eigenvalue weighted by molar-refractivity contribution is 0.101. The number of nitrogens with zero attached hydrogens (tertiary/aromatic N) is 4. The zero-order chi connectivity index (χ0) is 14.1. The summed E-state index contributed by atoms with van der Waals surface area (Å²) in [7, 11) is 0. The second kappa shape index (κ2) is 4.73. The summed E-state index contributed by atoms with van der Waals surface area (Å²) in [6, 6.07) is 7.58. The number of aryl methyl sites for hydroxylation is 2. The fourth-order valence-corrected chi connectivity index (χ4v) is 2.06. The molecule has 1 amide bonds. The van der Waals surface area contributed by atoms with Crippen molar-refractivity contribution in [1.29, 1.82) is 0 Å².